The van der Waals surface area contributed by atoms with Crippen molar-refractivity contribution in [3.63, 3.8) is 0 Å². The van der Waals surface area contributed by atoms with Crippen molar-refractivity contribution in [2.24, 2.45) is 5.92 Å². The van der Waals surface area contributed by atoms with Gasteiger partial charge in [-0.2, -0.15) is 0 Å². The number of likely N-dealkylation sites (tertiary alicyclic amines) is 1. The van der Waals surface area contributed by atoms with Crippen LogP contribution < -0.4 is 5.32 Å². The fourth-order valence-electron chi connectivity index (χ4n) is 4.65. The van der Waals surface area contributed by atoms with E-state index in [4.69, 9.17) is 0 Å². The Hall–Kier alpha value is -0.860. The summed E-state index contributed by atoms with van der Waals surface area (Å²) in [6.07, 6.45) is 9.56. The van der Waals surface area contributed by atoms with Crippen LogP contribution in [0.5, 0.6) is 0 Å². The second kappa shape index (κ2) is 9.01. The van der Waals surface area contributed by atoms with Crippen LogP contribution in [0.4, 0.5) is 0 Å². The van der Waals surface area contributed by atoms with Crippen molar-refractivity contribution in [3.8, 4) is 0 Å². The third kappa shape index (κ3) is 4.83. The molecule has 1 aliphatic carbocycles. The third-order valence-electron chi connectivity index (χ3n) is 6.11. The van der Waals surface area contributed by atoms with E-state index in [0.29, 0.717) is 0 Å². The van der Waals surface area contributed by atoms with Crippen LogP contribution in [-0.2, 0) is 0 Å². The highest BCUT2D eigenvalue weighted by molar-refractivity contribution is 5.22. The van der Waals surface area contributed by atoms with Gasteiger partial charge in [-0.15, -0.1) is 0 Å². The number of rotatable bonds is 6. The predicted molar refractivity (Wildman–Crippen MR) is 103 cm³/mol. The molecule has 3 rings (SSSR count). The Bertz CT molecular complexity index is 462. The van der Waals surface area contributed by atoms with E-state index in [0.717, 1.165) is 23.9 Å². The van der Waals surface area contributed by atoms with Crippen molar-refractivity contribution in [2.45, 2.75) is 76.8 Å². The van der Waals surface area contributed by atoms with Crippen molar-refractivity contribution < 1.29 is 0 Å². The molecule has 0 bridgehead atoms. The Kier molecular flexibility index (Phi) is 6.74. The van der Waals surface area contributed by atoms with E-state index in [2.05, 4.69) is 54.4 Å². The SMILES string of the molecule is CC(C)CCNC1CCN(C2CCCCC2c2ccccc2)CC1. The summed E-state index contributed by atoms with van der Waals surface area (Å²) in [4.78, 5) is 2.82. The number of hydrogen-bond donors (Lipinski definition) is 1. The predicted octanol–water partition coefficient (Wildman–Crippen LogP) is 4.81. The minimum Gasteiger partial charge on any atom is -0.314 e. The molecule has 1 aliphatic heterocycles. The van der Waals surface area contributed by atoms with Crippen LogP contribution in [-0.4, -0.2) is 36.6 Å². The van der Waals surface area contributed by atoms with E-state index < -0.39 is 0 Å². The lowest BCUT2D eigenvalue weighted by molar-refractivity contribution is 0.0999. The van der Waals surface area contributed by atoms with Gasteiger partial charge in [0.05, 0.1) is 0 Å². The molecule has 134 valence electrons. The van der Waals surface area contributed by atoms with E-state index in [9.17, 15) is 0 Å². The van der Waals surface area contributed by atoms with E-state index >= 15 is 0 Å². The molecule has 0 aromatic heterocycles. The molecule has 1 aromatic rings. The van der Waals surface area contributed by atoms with Gasteiger partial charge in [0.15, 0.2) is 0 Å². The molecular weight excluding hydrogens is 292 g/mol. The Morgan fingerprint density at radius 2 is 1.71 bits per heavy atom. The molecule has 2 fully saturated rings. The van der Waals surface area contributed by atoms with E-state index in [1.807, 2.05) is 0 Å². The minimum atomic E-state index is 0.749. The van der Waals surface area contributed by atoms with Crippen molar-refractivity contribution in [1.82, 2.24) is 10.2 Å². The summed E-state index contributed by atoms with van der Waals surface area (Å²) in [5.41, 5.74) is 1.57. The van der Waals surface area contributed by atoms with Gasteiger partial charge in [0.1, 0.15) is 0 Å². The first-order valence-corrected chi connectivity index (χ1v) is 10.3. The Morgan fingerprint density at radius 3 is 2.42 bits per heavy atom. The van der Waals surface area contributed by atoms with Crippen LogP contribution in [0.1, 0.15) is 70.3 Å². The Balaban J connectivity index is 1.52. The van der Waals surface area contributed by atoms with Crippen molar-refractivity contribution in [2.75, 3.05) is 19.6 Å². The third-order valence-corrected chi connectivity index (χ3v) is 6.11. The largest absolute Gasteiger partial charge is 0.314 e. The highest BCUT2D eigenvalue weighted by Gasteiger charge is 2.33. The van der Waals surface area contributed by atoms with E-state index in [1.54, 1.807) is 5.56 Å². The lowest BCUT2D eigenvalue weighted by Crippen LogP contribution is -2.49. The first-order chi connectivity index (χ1) is 11.7. The van der Waals surface area contributed by atoms with Gasteiger partial charge < -0.3 is 5.32 Å². The van der Waals surface area contributed by atoms with Gasteiger partial charge in [0.2, 0.25) is 0 Å². The molecule has 0 spiro atoms. The number of nitrogens with zero attached hydrogens (tertiary/aromatic N) is 1. The van der Waals surface area contributed by atoms with E-state index in [-0.39, 0.29) is 0 Å². The Labute approximate surface area is 149 Å². The van der Waals surface area contributed by atoms with Crippen LogP contribution in [0, 0.1) is 5.92 Å². The maximum absolute atomic E-state index is 3.79. The standard InChI is InChI=1S/C22H36N2/c1-18(2)12-15-23-20-13-16-24(17-14-20)22-11-7-6-10-21(22)19-8-4-3-5-9-19/h3-5,8-9,18,20-23H,6-7,10-17H2,1-2H3. The van der Waals surface area contributed by atoms with E-state index in [1.165, 1.54) is 64.6 Å². The zero-order valence-corrected chi connectivity index (χ0v) is 15.7. The molecule has 1 saturated heterocycles. The summed E-state index contributed by atoms with van der Waals surface area (Å²) >= 11 is 0. The molecule has 0 amide bonds. The number of piperidine rings is 1. The molecule has 2 heteroatoms. The zero-order valence-electron chi connectivity index (χ0n) is 15.7. The zero-order chi connectivity index (χ0) is 16.8. The molecule has 24 heavy (non-hydrogen) atoms. The van der Waals surface area contributed by atoms with Gasteiger partial charge in [0, 0.05) is 12.1 Å². The first kappa shape index (κ1) is 17.9. The van der Waals surface area contributed by atoms with Gasteiger partial charge in [-0.3, -0.25) is 4.90 Å². The molecule has 2 aliphatic rings. The highest BCUT2D eigenvalue weighted by Crippen LogP contribution is 2.37. The summed E-state index contributed by atoms with van der Waals surface area (Å²) in [6.45, 7) is 8.40. The molecule has 1 N–H and O–H groups in total. The molecule has 2 nitrogen and oxygen atoms in total. The van der Waals surface area contributed by atoms with Crippen LogP contribution in [0.15, 0.2) is 30.3 Å². The molecule has 1 saturated carbocycles. The summed E-state index contributed by atoms with van der Waals surface area (Å²) in [5.74, 6) is 1.57. The number of nitrogens with one attached hydrogen (secondary N) is 1. The summed E-state index contributed by atoms with van der Waals surface area (Å²) in [6, 6.07) is 12.8. The average molecular weight is 329 g/mol. The normalized spacial score (nSPS) is 26.8. The minimum absolute atomic E-state index is 0.749. The highest BCUT2D eigenvalue weighted by atomic mass is 15.2. The molecule has 1 heterocycles. The second-order valence-corrected chi connectivity index (χ2v) is 8.32. The monoisotopic (exact) mass is 328 g/mol. The maximum atomic E-state index is 3.79. The quantitative estimate of drug-likeness (QED) is 0.806. The molecular formula is C22H36N2. The number of hydrogen-bond acceptors (Lipinski definition) is 2. The summed E-state index contributed by atoms with van der Waals surface area (Å²) in [7, 11) is 0. The first-order valence-electron chi connectivity index (χ1n) is 10.3. The fraction of sp³-hybridized carbons (Fsp3) is 0.727. The van der Waals surface area contributed by atoms with Crippen LogP contribution >= 0.6 is 0 Å². The molecule has 2 atom stereocenters. The smallest absolute Gasteiger partial charge is 0.0164 e. The Morgan fingerprint density at radius 1 is 1.00 bits per heavy atom. The fourth-order valence-corrected chi connectivity index (χ4v) is 4.65. The maximum Gasteiger partial charge on any atom is 0.0164 e. The van der Waals surface area contributed by atoms with Gasteiger partial charge >= 0.3 is 0 Å². The van der Waals surface area contributed by atoms with Crippen molar-refractivity contribution >= 4 is 0 Å². The lowest BCUT2D eigenvalue weighted by Gasteiger charge is -2.43. The average Bonchev–Trinajstić information content (AvgIpc) is 2.63. The van der Waals surface area contributed by atoms with Gasteiger partial charge in [-0.1, -0.05) is 57.0 Å². The van der Waals surface area contributed by atoms with Crippen molar-refractivity contribution in [3.05, 3.63) is 35.9 Å². The summed E-state index contributed by atoms with van der Waals surface area (Å²) < 4.78 is 0. The van der Waals surface area contributed by atoms with Crippen LogP contribution in [0.25, 0.3) is 0 Å². The second-order valence-electron chi connectivity index (χ2n) is 8.32. The number of benzene rings is 1. The van der Waals surface area contributed by atoms with Crippen LogP contribution in [0.3, 0.4) is 0 Å². The summed E-state index contributed by atoms with van der Waals surface area (Å²) in [5, 5.41) is 3.79. The molecule has 0 radical (unpaired) electrons. The van der Waals surface area contributed by atoms with Gasteiger partial charge in [-0.05, 0) is 69.1 Å². The van der Waals surface area contributed by atoms with Crippen molar-refractivity contribution in [1.29, 1.82) is 0 Å². The van der Waals surface area contributed by atoms with Gasteiger partial charge in [-0.25, -0.2) is 0 Å². The lowest BCUT2D eigenvalue weighted by atomic mass is 9.78. The molecule has 2 unspecified atom stereocenters. The van der Waals surface area contributed by atoms with Crippen LogP contribution in [0.2, 0.25) is 0 Å². The topological polar surface area (TPSA) is 15.3 Å². The molecule has 1 aromatic carbocycles. The van der Waals surface area contributed by atoms with Gasteiger partial charge in [0.25, 0.3) is 0 Å².